The van der Waals surface area contributed by atoms with Crippen LogP contribution in [-0.4, -0.2) is 18.4 Å². The molecule has 0 atom stereocenters. The zero-order valence-corrected chi connectivity index (χ0v) is 15.0. The number of hydrogen-bond acceptors (Lipinski definition) is 3. The fourth-order valence-electron chi connectivity index (χ4n) is 2.59. The predicted octanol–water partition coefficient (Wildman–Crippen LogP) is 4.09. The molecule has 2 aromatic rings. The van der Waals surface area contributed by atoms with Gasteiger partial charge in [-0.1, -0.05) is 19.1 Å². The summed E-state index contributed by atoms with van der Waals surface area (Å²) >= 11 is 0. The SMILES string of the molecule is CCCC(=O)Nc1cccc(NCC(=O)Nc2cc(C)cc(C)c2)c1. The van der Waals surface area contributed by atoms with Crippen molar-refractivity contribution in [3.63, 3.8) is 0 Å². The molecule has 0 aliphatic carbocycles. The van der Waals surface area contributed by atoms with Crippen LogP contribution >= 0.6 is 0 Å². The van der Waals surface area contributed by atoms with Gasteiger partial charge in [0.05, 0.1) is 6.54 Å². The maximum Gasteiger partial charge on any atom is 0.243 e. The van der Waals surface area contributed by atoms with Crippen molar-refractivity contribution in [3.8, 4) is 0 Å². The summed E-state index contributed by atoms with van der Waals surface area (Å²) < 4.78 is 0. The second kappa shape index (κ2) is 8.87. The zero-order valence-electron chi connectivity index (χ0n) is 15.0. The zero-order chi connectivity index (χ0) is 18.2. The van der Waals surface area contributed by atoms with E-state index in [9.17, 15) is 9.59 Å². The van der Waals surface area contributed by atoms with E-state index in [4.69, 9.17) is 0 Å². The molecular weight excluding hydrogens is 314 g/mol. The predicted molar refractivity (Wildman–Crippen MR) is 103 cm³/mol. The fourth-order valence-corrected chi connectivity index (χ4v) is 2.59. The number of carbonyl (C=O) groups excluding carboxylic acids is 2. The lowest BCUT2D eigenvalue weighted by atomic mass is 10.1. The van der Waals surface area contributed by atoms with Crippen molar-refractivity contribution in [2.75, 3.05) is 22.5 Å². The van der Waals surface area contributed by atoms with Gasteiger partial charge in [-0.3, -0.25) is 9.59 Å². The van der Waals surface area contributed by atoms with Gasteiger partial charge in [0.25, 0.3) is 0 Å². The normalized spacial score (nSPS) is 10.2. The van der Waals surface area contributed by atoms with Crippen molar-refractivity contribution < 1.29 is 9.59 Å². The monoisotopic (exact) mass is 339 g/mol. The van der Waals surface area contributed by atoms with Crippen molar-refractivity contribution >= 4 is 28.9 Å². The molecule has 3 N–H and O–H groups in total. The maximum atomic E-state index is 12.1. The summed E-state index contributed by atoms with van der Waals surface area (Å²) in [5, 5.41) is 8.81. The third-order valence-electron chi connectivity index (χ3n) is 3.58. The Bertz CT molecular complexity index is 736. The van der Waals surface area contributed by atoms with E-state index in [0.29, 0.717) is 6.42 Å². The number of aryl methyl sites for hydroxylation is 2. The number of nitrogens with one attached hydrogen (secondary N) is 3. The van der Waals surface area contributed by atoms with E-state index in [-0.39, 0.29) is 18.4 Å². The molecule has 0 unspecified atom stereocenters. The quantitative estimate of drug-likeness (QED) is 0.711. The third kappa shape index (κ3) is 6.30. The molecule has 0 spiro atoms. The molecule has 132 valence electrons. The second-order valence-corrected chi connectivity index (χ2v) is 6.16. The van der Waals surface area contributed by atoms with Gasteiger partial charge in [0.2, 0.25) is 11.8 Å². The minimum Gasteiger partial charge on any atom is -0.376 e. The van der Waals surface area contributed by atoms with Gasteiger partial charge in [-0.2, -0.15) is 0 Å². The van der Waals surface area contributed by atoms with E-state index in [2.05, 4.69) is 22.0 Å². The average molecular weight is 339 g/mol. The highest BCUT2D eigenvalue weighted by atomic mass is 16.2. The lowest BCUT2D eigenvalue weighted by Gasteiger charge is -2.11. The van der Waals surface area contributed by atoms with Crippen LogP contribution in [0.2, 0.25) is 0 Å². The summed E-state index contributed by atoms with van der Waals surface area (Å²) in [5.41, 5.74) is 4.52. The molecular formula is C20H25N3O2. The first-order valence-electron chi connectivity index (χ1n) is 8.48. The minimum absolute atomic E-state index is 0.00721. The van der Waals surface area contributed by atoms with Crippen LogP contribution in [0.15, 0.2) is 42.5 Å². The summed E-state index contributed by atoms with van der Waals surface area (Å²) in [6, 6.07) is 13.3. The average Bonchev–Trinajstić information content (AvgIpc) is 2.52. The highest BCUT2D eigenvalue weighted by Gasteiger charge is 2.05. The summed E-state index contributed by atoms with van der Waals surface area (Å²) in [6.07, 6.45) is 1.30. The molecule has 2 rings (SSSR count). The molecule has 0 heterocycles. The molecule has 2 aromatic carbocycles. The molecule has 5 nitrogen and oxygen atoms in total. The number of carbonyl (C=O) groups is 2. The van der Waals surface area contributed by atoms with Gasteiger partial charge in [-0.25, -0.2) is 0 Å². The molecule has 0 bridgehead atoms. The Morgan fingerprint density at radius 1 is 0.840 bits per heavy atom. The van der Waals surface area contributed by atoms with Gasteiger partial charge >= 0.3 is 0 Å². The smallest absolute Gasteiger partial charge is 0.243 e. The number of benzene rings is 2. The number of rotatable bonds is 7. The van der Waals surface area contributed by atoms with E-state index in [1.165, 1.54) is 0 Å². The largest absolute Gasteiger partial charge is 0.376 e. The van der Waals surface area contributed by atoms with E-state index in [1.807, 2.05) is 57.2 Å². The first-order valence-corrected chi connectivity index (χ1v) is 8.48. The Hall–Kier alpha value is -2.82. The highest BCUT2D eigenvalue weighted by Crippen LogP contribution is 2.16. The van der Waals surface area contributed by atoms with Crippen LogP contribution < -0.4 is 16.0 Å². The van der Waals surface area contributed by atoms with Gasteiger partial charge < -0.3 is 16.0 Å². The fraction of sp³-hybridized carbons (Fsp3) is 0.300. The molecule has 5 heteroatoms. The highest BCUT2D eigenvalue weighted by molar-refractivity contribution is 5.94. The molecule has 0 radical (unpaired) electrons. The topological polar surface area (TPSA) is 70.2 Å². The van der Waals surface area contributed by atoms with Crippen molar-refractivity contribution in [1.29, 1.82) is 0 Å². The Morgan fingerprint density at radius 2 is 1.48 bits per heavy atom. The van der Waals surface area contributed by atoms with E-state index in [0.717, 1.165) is 34.6 Å². The molecule has 2 amide bonds. The molecule has 0 aliphatic rings. The Kier molecular flexibility index (Phi) is 6.57. The van der Waals surface area contributed by atoms with Crippen LogP contribution in [0.5, 0.6) is 0 Å². The van der Waals surface area contributed by atoms with Gasteiger partial charge in [0.15, 0.2) is 0 Å². The Labute approximate surface area is 148 Å². The van der Waals surface area contributed by atoms with E-state index < -0.39 is 0 Å². The third-order valence-corrected chi connectivity index (χ3v) is 3.58. The van der Waals surface area contributed by atoms with E-state index >= 15 is 0 Å². The van der Waals surface area contributed by atoms with Crippen LogP contribution in [0.4, 0.5) is 17.1 Å². The molecule has 0 aromatic heterocycles. The van der Waals surface area contributed by atoms with Gasteiger partial charge in [0.1, 0.15) is 0 Å². The van der Waals surface area contributed by atoms with Crippen molar-refractivity contribution in [2.45, 2.75) is 33.6 Å². The summed E-state index contributed by atoms with van der Waals surface area (Å²) in [7, 11) is 0. The summed E-state index contributed by atoms with van der Waals surface area (Å²) in [4.78, 5) is 23.8. The van der Waals surface area contributed by atoms with Gasteiger partial charge in [-0.15, -0.1) is 0 Å². The molecule has 25 heavy (non-hydrogen) atoms. The Morgan fingerprint density at radius 3 is 2.16 bits per heavy atom. The van der Waals surface area contributed by atoms with E-state index in [1.54, 1.807) is 0 Å². The maximum absolute atomic E-state index is 12.1. The van der Waals surface area contributed by atoms with Crippen molar-refractivity contribution in [2.24, 2.45) is 0 Å². The molecule has 0 aliphatic heterocycles. The minimum atomic E-state index is -0.120. The van der Waals surface area contributed by atoms with Crippen molar-refractivity contribution in [1.82, 2.24) is 0 Å². The van der Waals surface area contributed by atoms with Crippen LogP contribution in [0, 0.1) is 13.8 Å². The van der Waals surface area contributed by atoms with Crippen LogP contribution in [0.3, 0.4) is 0 Å². The lowest BCUT2D eigenvalue weighted by molar-refractivity contribution is -0.116. The van der Waals surface area contributed by atoms with Gasteiger partial charge in [0, 0.05) is 23.5 Å². The molecule has 0 fully saturated rings. The van der Waals surface area contributed by atoms with Crippen LogP contribution in [-0.2, 0) is 9.59 Å². The van der Waals surface area contributed by atoms with Crippen molar-refractivity contribution in [3.05, 3.63) is 53.6 Å². The van der Waals surface area contributed by atoms with Gasteiger partial charge in [-0.05, 0) is 61.7 Å². The first-order chi connectivity index (χ1) is 12.0. The first kappa shape index (κ1) is 18.5. The second-order valence-electron chi connectivity index (χ2n) is 6.16. The number of hydrogen-bond donors (Lipinski definition) is 3. The van der Waals surface area contributed by atoms with Crippen LogP contribution in [0.1, 0.15) is 30.9 Å². The van der Waals surface area contributed by atoms with Crippen LogP contribution in [0.25, 0.3) is 0 Å². The summed E-state index contributed by atoms with van der Waals surface area (Å²) in [5.74, 6) is -0.127. The molecule has 0 saturated heterocycles. The Balaban J connectivity index is 1.90. The standard InChI is InChI=1S/C20H25N3O2/c1-4-6-19(24)22-17-8-5-7-16(12-17)21-13-20(25)23-18-10-14(2)9-15(3)11-18/h5,7-12,21H,4,6,13H2,1-3H3,(H,22,24)(H,23,25). The number of amides is 2. The lowest BCUT2D eigenvalue weighted by Crippen LogP contribution is -2.22. The number of anilines is 3. The summed E-state index contributed by atoms with van der Waals surface area (Å²) in [6.45, 7) is 6.11. The molecule has 0 saturated carbocycles.